The molecule has 2 saturated heterocycles. The molecule has 200 valence electrons. The van der Waals surface area contributed by atoms with E-state index in [9.17, 15) is 4.79 Å². The van der Waals surface area contributed by atoms with E-state index >= 15 is 0 Å². The van der Waals surface area contributed by atoms with Crippen molar-refractivity contribution in [2.75, 3.05) is 51.6 Å². The maximum Gasteiger partial charge on any atom is 0.156 e. The SMILES string of the molecule is CN1CCC(CN2CCC(C3CCNc4c(C=O)c(-c5ccc(Oc6ccccc6)cc5)nn43)CC2)CC1. The topological polar surface area (TPSA) is 62.6 Å². The standard InChI is InChI=1S/C31H39N5O2/c1-34-17-12-23(13-18-34)21-35-19-14-24(15-20-35)29-11-16-32-31-28(22-37)30(33-36(29)31)25-7-9-27(10-8-25)38-26-5-3-2-4-6-26/h2-10,22-24,29,32H,11-21H2,1H3. The minimum Gasteiger partial charge on any atom is -0.457 e. The smallest absolute Gasteiger partial charge is 0.156 e. The van der Waals surface area contributed by atoms with E-state index in [1.54, 1.807) is 0 Å². The number of hydrogen-bond acceptors (Lipinski definition) is 6. The van der Waals surface area contributed by atoms with E-state index in [4.69, 9.17) is 9.84 Å². The second kappa shape index (κ2) is 11.3. The fraction of sp³-hybridized carbons (Fsp3) is 0.484. The number of anilines is 1. The lowest BCUT2D eigenvalue weighted by molar-refractivity contribution is 0.105. The summed E-state index contributed by atoms with van der Waals surface area (Å²) in [5.41, 5.74) is 2.34. The Morgan fingerprint density at radius 1 is 0.921 bits per heavy atom. The highest BCUT2D eigenvalue weighted by atomic mass is 16.5. The molecule has 6 rings (SSSR count). The van der Waals surface area contributed by atoms with Crippen LogP contribution in [0, 0.1) is 11.8 Å². The zero-order chi connectivity index (χ0) is 25.9. The molecule has 7 nitrogen and oxygen atoms in total. The molecule has 3 aromatic rings. The summed E-state index contributed by atoms with van der Waals surface area (Å²) in [7, 11) is 2.24. The van der Waals surface area contributed by atoms with Crippen molar-refractivity contribution in [3.05, 3.63) is 60.2 Å². The van der Waals surface area contributed by atoms with Crippen LogP contribution in [0.5, 0.6) is 11.5 Å². The van der Waals surface area contributed by atoms with Crippen LogP contribution in [0.1, 0.15) is 48.5 Å². The Balaban J connectivity index is 1.14. The first-order chi connectivity index (χ1) is 18.7. The zero-order valence-corrected chi connectivity index (χ0v) is 22.4. The molecule has 0 aliphatic carbocycles. The number of nitrogens with one attached hydrogen (secondary N) is 1. The number of hydrogen-bond donors (Lipinski definition) is 1. The lowest BCUT2D eigenvalue weighted by atomic mass is 9.86. The monoisotopic (exact) mass is 513 g/mol. The largest absolute Gasteiger partial charge is 0.457 e. The highest BCUT2D eigenvalue weighted by Crippen LogP contribution is 2.40. The van der Waals surface area contributed by atoms with Crippen molar-refractivity contribution in [3.63, 3.8) is 0 Å². The molecule has 1 atom stereocenters. The predicted molar refractivity (Wildman–Crippen MR) is 151 cm³/mol. The van der Waals surface area contributed by atoms with E-state index in [1.807, 2.05) is 54.6 Å². The molecule has 7 heteroatoms. The van der Waals surface area contributed by atoms with Gasteiger partial charge >= 0.3 is 0 Å². The van der Waals surface area contributed by atoms with Gasteiger partial charge in [0.2, 0.25) is 0 Å². The molecule has 3 aliphatic rings. The summed E-state index contributed by atoms with van der Waals surface area (Å²) < 4.78 is 8.08. The van der Waals surface area contributed by atoms with E-state index in [2.05, 4.69) is 26.8 Å². The average molecular weight is 514 g/mol. The van der Waals surface area contributed by atoms with Crippen LogP contribution < -0.4 is 10.1 Å². The maximum absolute atomic E-state index is 12.2. The van der Waals surface area contributed by atoms with E-state index < -0.39 is 0 Å². The third-order valence-electron chi connectivity index (χ3n) is 8.75. The van der Waals surface area contributed by atoms with Crippen LogP contribution in [0.15, 0.2) is 54.6 Å². The van der Waals surface area contributed by atoms with Gasteiger partial charge in [0.15, 0.2) is 6.29 Å². The van der Waals surface area contributed by atoms with Gasteiger partial charge in [-0.15, -0.1) is 0 Å². The molecule has 1 N–H and O–H groups in total. The highest BCUT2D eigenvalue weighted by Gasteiger charge is 2.34. The number of aromatic nitrogens is 2. The number of carbonyl (C=O) groups is 1. The number of carbonyl (C=O) groups excluding carboxylic acids is 1. The second-order valence-electron chi connectivity index (χ2n) is 11.3. The maximum atomic E-state index is 12.2. The molecule has 38 heavy (non-hydrogen) atoms. The van der Waals surface area contributed by atoms with Crippen LogP contribution in [0.25, 0.3) is 11.3 Å². The van der Waals surface area contributed by atoms with Crippen molar-refractivity contribution in [3.8, 4) is 22.8 Å². The van der Waals surface area contributed by atoms with Crippen molar-refractivity contribution in [1.82, 2.24) is 19.6 Å². The molecular formula is C31H39N5O2. The number of piperidine rings is 2. The molecular weight excluding hydrogens is 474 g/mol. The summed E-state index contributed by atoms with van der Waals surface area (Å²) in [6.45, 7) is 6.96. The van der Waals surface area contributed by atoms with Crippen LogP contribution in [0.4, 0.5) is 5.82 Å². The number of likely N-dealkylation sites (tertiary alicyclic amines) is 2. The van der Waals surface area contributed by atoms with Crippen LogP contribution in [-0.4, -0.2) is 72.2 Å². The molecule has 0 radical (unpaired) electrons. The van der Waals surface area contributed by atoms with Gasteiger partial charge in [-0.1, -0.05) is 18.2 Å². The Morgan fingerprint density at radius 2 is 1.63 bits per heavy atom. The molecule has 2 fully saturated rings. The number of benzene rings is 2. The molecule has 0 amide bonds. The zero-order valence-electron chi connectivity index (χ0n) is 22.4. The summed E-state index contributed by atoms with van der Waals surface area (Å²) >= 11 is 0. The predicted octanol–water partition coefficient (Wildman–Crippen LogP) is 5.57. The molecule has 1 unspecified atom stereocenters. The Labute approximate surface area is 225 Å². The van der Waals surface area contributed by atoms with Gasteiger partial charge in [-0.3, -0.25) is 4.79 Å². The minimum atomic E-state index is 0.338. The van der Waals surface area contributed by atoms with Crippen LogP contribution >= 0.6 is 0 Å². The number of aldehydes is 1. The number of para-hydroxylation sites is 1. The first-order valence-electron chi connectivity index (χ1n) is 14.2. The van der Waals surface area contributed by atoms with Gasteiger partial charge < -0.3 is 19.9 Å². The Bertz CT molecular complexity index is 1210. The van der Waals surface area contributed by atoms with Crippen LogP contribution in [-0.2, 0) is 0 Å². The van der Waals surface area contributed by atoms with Gasteiger partial charge in [0.25, 0.3) is 0 Å². The first kappa shape index (κ1) is 25.1. The molecule has 2 aromatic carbocycles. The van der Waals surface area contributed by atoms with Gasteiger partial charge in [0, 0.05) is 18.7 Å². The Kier molecular flexibility index (Phi) is 7.47. The lowest BCUT2D eigenvalue weighted by Crippen LogP contribution is -2.42. The molecule has 0 spiro atoms. The summed E-state index contributed by atoms with van der Waals surface area (Å²) in [4.78, 5) is 17.4. The minimum absolute atomic E-state index is 0.338. The summed E-state index contributed by atoms with van der Waals surface area (Å²) in [5.74, 6) is 3.89. The molecule has 3 aliphatic heterocycles. The summed E-state index contributed by atoms with van der Waals surface area (Å²) in [6.07, 6.45) is 7.08. The van der Waals surface area contributed by atoms with Gasteiger partial charge in [-0.25, -0.2) is 4.68 Å². The third-order valence-corrected chi connectivity index (χ3v) is 8.75. The van der Waals surface area contributed by atoms with Crippen molar-refractivity contribution in [2.24, 2.45) is 11.8 Å². The number of fused-ring (bicyclic) bond motifs is 1. The van der Waals surface area contributed by atoms with Crippen LogP contribution in [0.2, 0.25) is 0 Å². The summed E-state index contributed by atoms with van der Waals surface area (Å²) in [6, 6.07) is 18.0. The Morgan fingerprint density at radius 3 is 2.34 bits per heavy atom. The molecule has 0 saturated carbocycles. The van der Waals surface area contributed by atoms with Crippen molar-refractivity contribution < 1.29 is 9.53 Å². The number of rotatable bonds is 7. The fourth-order valence-electron chi connectivity index (χ4n) is 6.52. The van der Waals surface area contributed by atoms with E-state index in [-0.39, 0.29) is 0 Å². The van der Waals surface area contributed by atoms with Gasteiger partial charge in [0.05, 0.1) is 11.6 Å². The third kappa shape index (κ3) is 5.36. The molecule has 4 heterocycles. The van der Waals surface area contributed by atoms with Gasteiger partial charge in [-0.2, -0.15) is 5.10 Å². The van der Waals surface area contributed by atoms with E-state index in [0.717, 1.165) is 53.7 Å². The summed E-state index contributed by atoms with van der Waals surface area (Å²) in [5, 5.41) is 8.53. The average Bonchev–Trinajstić information content (AvgIpc) is 3.35. The molecule has 0 bridgehead atoms. The van der Waals surface area contributed by atoms with E-state index in [1.165, 1.54) is 58.4 Å². The first-order valence-corrected chi connectivity index (χ1v) is 14.2. The number of nitrogens with zero attached hydrogens (tertiary/aromatic N) is 4. The highest BCUT2D eigenvalue weighted by molar-refractivity contribution is 5.92. The van der Waals surface area contributed by atoms with Crippen molar-refractivity contribution >= 4 is 12.1 Å². The number of ether oxygens (including phenoxy) is 1. The van der Waals surface area contributed by atoms with E-state index in [0.29, 0.717) is 17.5 Å². The van der Waals surface area contributed by atoms with Crippen LogP contribution in [0.3, 0.4) is 0 Å². The second-order valence-corrected chi connectivity index (χ2v) is 11.3. The van der Waals surface area contributed by atoms with Crippen molar-refractivity contribution in [2.45, 2.75) is 38.1 Å². The molecule has 1 aromatic heterocycles. The normalized spacial score (nSPS) is 21.6. The van der Waals surface area contributed by atoms with Crippen molar-refractivity contribution in [1.29, 1.82) is 0 Å². The lowest BCUT2D eigenvalue weighted by Gasteiger charge is -2.40. The van der Waals surface area contributed by atoms with Gasteiger partial charge in [0.1, 0.15) is 23.0 Å². The Hall–Kier alpha value is -3.16. The quantitative estimate of drug-likeness (QED) is 0.417. The van der Waals surface area contributed by atoms with Gasteiger partial charge in [-0.05, 0) is 114 Å². The fourth-order valence-corrected chi connectivity index (χ4v) is 6.52.